The highest BCUT2D eigenvalue weighted by Gasteiger charge is 2.54. The number of rotatable bonds is 2. The average Bonchev–Trinajstić information content (AvgIpc) is 2.89. The molecule has 2 saturated carbocycles. The number of benzene rings is 1. The van der Waals surface area contributed by atoms with Gasteiger partial charge in [-0.3, -0.25) is 4.79 Å². The summed E-state index contributed by atoms with van der Waals surface area (Å²) in [5.74, 6) is 2.66. The quantitative estimate of drug-likeness (QED) is 0.666. The summed E-state index contributed by atoms with van der Waals surface area (Å²) in [7, 11) is -1.32. The zero-order valence-corrected chi connectivity index (χ0v) is 16.9. The Morgan fingerprint density at radius 3 is 2.69 bits per heavy atom. The number of hydrogen-bond donors (Lipinski definition) is 3. The molecule has 0 bridgehead atoms. The summed E-state index contributed by atoms with van der Waals surface area (Å²) in [6, 6.07) is 5.96. The molecule has 0 aromatic heterocycles. The summed E-state index contributed by atoms with van der Waals surface area (Å²) in [5, 5.41) is 0. The molecule has 4 rings (SSSR count). The van der Waals surface area contributed by atoms with Gasteiger partial charge in [-0.05, 0) is 73.1 Å². The molecule has 1 unspecified atom stereocenters. The third-order valence-corrected chi connectivity index (χ3v) is 10.4. The fourth-order valence-corrected chi connectivity index (χ4v) is 6.61. The minimum atomic E-state index is -3.98. The van der Waals surface area contributed by atoms with Gasteiger partial charge < -0.3 is 18.9 Å². The van der Waals surface area contributed by atoms with Crippen LogP contribution in [0.1, 0.15) is 56.1 Å². The van der Waals surface area contributed by atoms with Crippen LogP contribution in [0.25, 0.3) is 0 Å². The molecule has 2 fully saturated rings. The van der Waals surface area contributed by atoms with Gasteiger partial charge in [0.05, 0.1) is 10.4 Å². The maximum absolute atomic E-state index is 12.4. The fraction of sp³-hybridized carbons (Fsp3) is 0.632. The summed E-state index contributed by atoms with van der Waals surface area (Å²) in [5.41, 5.74) is 2.52. The van der Waals surface area contributed by atoms with Crippen LogP contribution in [0.15, 0.2) is 18.2 Å². The van der Waals surface area contributed by atoms with Crippen molar-refractivity contribution in [1.29, 1.82) is 0 Å². The zero-order valence-electron chi connectivity index (χ0n) is 15.2. The lowest BCUT2D eigenvalue weighted by molar-refractivity contribution is -0.129. The van der Waals surface area contributed by atoms with E-state index in [4.69, 9.17) is 4.18 Å². The van der Waals surface area contributed by atoms with Crippen LogP contribution in [-0.4, -0.2) is 26.7 Å². The molecule has 5 nitrogen and oxygen atoms in total. The molecule has 0 saturated heterocycles. The number of aryl methyl sites for hydroxylation is 1. The van der Waals surface area contributed by atoms with Crippen LogP contribution < -0.4 is 4.18 Å². The van der Waals surface area contributed by atoms with E-state index >= 15 is 0 Å². The van der Waals surface area contributed by atoms with Crippen LogP contribution in [0.5, 0.6) is 5.75 Å². The smallest absolute Gasteiger partial charge is 0.312 e. The summed E-state index contributed by atoms with van der Waals surface area (Å²) in [6.07, 6.45) is 7.39. The Bertz CT molecular complexity index is 808. The lowest BCUT2D eigenvalue weighted by atomic mass is 9.55. The first-order chi connectivity index (χ1) is 12.2. The SMILES string of the molecule is CS(Oc1ccc2c(c1)CC[C@@H]1[C@@H]2CC[C@]2(C)C(=O)CC[C@@H]12)=P(O)(O)O. The van der Waals surface area contributed by atoms with Crippen LogP contribution in [0.3, 0.4) is 0 Å². The van der Waals surface area contributed by atoms with E-state index in [1.54, 1.807) is 0 Å². The van der Waals surface area contributed by atoms with Crippen molar-refractivity contribution in [3.63, 3.8) is 0 Å². The molecule has 0 radical (unpaired) electrons. The molecular formula is C19H27O5PS. The number of hydrogen-bond acceptors (Lipinski definition) is 2. The fourth-order valence-electron chi connectivity index (χ4n) is 5.57. The average molecular weight is 398 g/mol. The van der Waals surface area contributed by atoms with Gasteiger partial charge in [0, 0.05) is 18.1 Å². The van der Waals surface area contributed by atoms with E-state index in [1.807, 2.05) is 12.1 Å². The molecule has 1 aromatic rings. The summed E-state index contributed by atoms with van der Waals surface area (Å²) in [6.45, 7) is -1.79. The van der Waals surface area contributed by atoms with E-state index in [1.165, 1.54) is 17.4 Å². The minimum absolute atomic E-state index is 0.102. The predicted molar refractivity (Wildman–Crippen MR) is 104 cm³/mol. The summed E-state index contributed by atoms with van der Waals surface area (Å²) < 4.78 is 5.56. The van der Waals surface area contributed by atoms with Gasteiger partial charge in [-0.25, -0.2) is 0 Å². The van der Waals surface area contributed by atoms with Gasteiger partial charge in [-0.15, -0.1) is 0 Å². The molecule has 1 aromatic carbocycles. The number of carbonyl (C=O) groups is 1. The monoisotopic (exact) mass is 398 g/mol. The van der Waals surface area contributed by atoms with Crippen molar-refractivity contribution in [3.8, 4) is 5.75 Å². The van der Waals surface area contributed by atoms with Crippen molar-refractivity contribution in [2.45, 2.75) is 51.4 Å². The Balaban J connectivity index is 1.61. The Morgan fingerprint density at radius 2 is 1.96 bits per heavy atom. The molecular weight excluding hydrogens is 371 g/mol. The van der Waals surface area contributed by atoms with Crippen LogP contribution in [0.4, 0.5) is 0 Å². The molecule has 0 aliphatic heterocycles. The van der Waals surface area contributed by atoms with Crippen molar-refractivity contribution in [3.05, 3.63) is 29.3 Å². The molecule has 26 heavy (non-hydrogen) atoms. The molecule has 3 aliphatic rings. The Labute approximate surface area is 156 Å². The summed E-state index contributed by atoms with van der Waals surface area (Å²) >= 11 is 0. The Kier molecular flexibility index (Phi) is 4.64. The lowest BCUT2D eigenvalue weighted by Gasteiger charge is -2.48. The Hall–Kier alpha value is -0.650. The third kappa shape index (κ3) is 3.00. The second kappa shape index (κ2) is 6.46. The van der Waals surface area contributed by atoms with Gasteiger partial charge in [0.25, 0.3) is 0 Å². The van der Waals surface area contributed by atoms with E-state index in [0.29, 0.717) is 29.3 Å². The molecule has 3 aliphatic carbocycles. The largest absolute Gasteiger partial charge is 0.428 e. The first-order valence-electron chi connectivity index (χ1n) is 9.28. The molecule has 3 N–H and O–H groups in total. The first-order valence-corrected chi connectivity index (χ1v) is 13.1. The number of ketones is 1. The van der Waals surface area contributed by atoms with Gasteiger partial charge in [0.15, 0.2) is 0 Å². The van der Waals surface area contributed by atoms with Crippen molar-refractivity contribution < 1.29 is 23.7 Å². The second-order valence-corrected chi connectivity index (χ2v) is 13.3. The zero-order chi connectivity index (χ0) is 18.7. The molecule has 5 atom stereocenters. The number of carbonyl (C=O) groups excluding carboxylic acids is 1. The maximum atomic E-state index is 12.4. The molecule has 7 heteroatoms. The van der Waals surface area contributed by atoms with Crippen LogP contribution >= 0.6 is 6.72 Å². The highest BCUT2D eigenvalue weighted by molar-refractivity contribution is 8.24. The highest BCUT2D eigenvalue weighted by atomic mass is 32.5. The van der Waals surface area contributed by atoms with Crippen molar-refractivity contribution in [2.24, 2.45) is 17.3 Å². The second-order valence-electron chi connectivity index (χ2n) is 8.21. The van der Waals surface area contributed by atoms with Crippen LogP contribution in [-0.2, 0) is 21.6 Å². The van der Waals surface area contributed by atoms with Crippen LogP contribution in [0, 0.1) is 17.3 Å². The van der Waals surface area contributed by atoms with Gasteiger partial charge in [-0.1, -0.05) is 13.0 Å². The van der Waals surface area contributed by atoms with E-state index in [0.717, 1.165) is 38.5 Å². The van der Waals surface area contributed by atoms with E-state index in [2.05, 4.69) is 13.0 Å². The van der Waals surface area contributed by atoms with Crippen molar-refractivity contribution in [2.75, 3.05) is 6.26 Å². The first kappa shape index (κ1) is 18.7. The van der Waals surface area contributed by atoms with Gasteiger partial charge >= 0.3 is 6.72 Å². The molecule has 0 spiro atoms. The molecule has 144 valence electrons. The van der Waals surface area contributed by atoms with Crippen LogP contribution in [0.2, 0.25) is 0 Å². The topological polar surface area (TPSA) is 87.0 Å². The summed E-state index contributed by atoms with van der Waals surface area (Å²) in [4.78, 5) is 40.5. The van der Waals surface area contributed by atoms with E-state index in [9.17, 15) is 19.5 Å². The standard InChI is InChI=1S/C19H27O5PS/c1-19-10-9-15-14-6-4-13(24-26(2)25(21,22)23)11-12(14)3-5-16(15)17(19)7-8-18(19)20/h4,6,11,15-17,21-23H,3,5,7-10H2,1-2H3/t15-,16-,17+,19+,26?/m1/s1. The van der Waals surface area contributed by atoms with Gasteiger partial charge in [-0.2, -0.15) is 0 Å². The normalized spacial score (nSPS) is 34.7. The number of fused-ring (bicyclic) bond motifs is 5. The van der Waals surface area contributed by atoms with Crippen molar-refractivity contribution >= 4 is 22.9 Å². The molecule has 0 heterocycles. The maximum Gasteiger partial charge on any atom is 0.312 e. The van der Waals surface area contributed by atoms with Gasteiger partial charge in [0.2, 0.25) is 0 Å². The minimum Gasteiger partial charge on any atom is -0.428 e. The Morgan fingerprint density at radius 1 is 1.19 bits per heavy atom. The highest BCUT2D eigenvalue weighted by Crippen LogP contribution is 2.59. The molecule has 0 amide bonds. The van der Waals surface area contributed by atoms with Crippen molar-refractivity contribution in [1.82, 2.24) is 0 Å². The van der Waals surface area contributed by atoms with E-state index in [-0.39, 0.29) is 5.41 Å². The van der Waals surface area contributed by atoms with Gasteiger partial charge in [0.1, 0.15) is 11.5 Å². The third-order valence-electron chi connectivity index (χ3n) is 6.97. The lowest BCUT2D eigenvalue weighted by Crippen LogP contribution is -2.42. The predicted octanol–water partition coefficient (Wildman–Crippen LogP) is 3.31. The van der Waals surface area contributed by atoms with E-state index < -0.39 is 17.1 Å². The number of Topliss-reactive ketones (excluding diaryl/α,β-unsaturated/α-hetero) is 1.